The van der Waals surface area contributed by atoms with Crippen LogP contribution in [0.5, 0.6) is 0 Å². The molecule has 0 aliphatic carbocycles. The maximum Gasteiger partial charge on any atom is 0.282 e. The van der Waals surface area contributed by atoms with Crippen LogP contribution in [0.1, 0.15) is 39.5 Å². The molecule has 1 atom stereocenters. The molecule has 0 aromatic heterocycles. The van der Waals surface area contributed by atoms with Crippen molar-refractivity contribution in [1.82, 2.24) is 4.90 Å². The van der Waals surface area contributed by atoms with E-state index in [9.17, 15) is 4.79 Å². The second-order valence-electron chi connectivity index (χ2n) is 4.29. The number of thioether (sulfide) groups is 2. The minimum Gasteiger partial charge on any atom is -0.340 e. The largest absolute Gasteiger partial charge is 0.340 e. The van der Waals surface area contributed by atoms with Gasteiger partial charge in [-0.2, -0.15) is 0 Å². The maximum atomic E-state index is 11.6. The summed E-state index contributed by atoms with van der Waals surface area (Å²) in [5, 5.41) is 0.130. The van der Waals surface area contributed by atoms with Gasteiger partial charge in [0.1, 0.15) is 0 Å². The van der Waals surface area contributed by atoms with E-state index in [1.165, 1.54) is 36.6 Å². The highest BCUT2D eigenvalue weighted by molar-refractivity contribution is 8.24. The molecule has 0 aliphatic heterocycles. The lowest BCUT2D eigenvalue weighted by molar-refractivity contribution is 0.241. The average molecular weight is 275 g/mol. The van der Waals surface area contributed by atoms with Crippen LogP contribution in [0.15, 0.2) is 11.6 Å². The molecule has 100 valence electrons. The third-order valence-electron chi connectivity index (χ3n) is 2.43. The highest BCUT2D eigenvalue weighted by atomic mass is 32.2. The van der Waals surface area contributed by atoms with E-state index < -0.39 is 0 Å². The Kier molecular flexibility index (Phi) is 9.84. The number of hydrogen-bond acceptors (Lipinski definition) is 3. The quantitative estimate of drug-likeness (QED) is 0.384. The fraction of sp³-hybridized carbons (Fsp3) is 0.769. The molecule has 0 saturated heterocycles. The molecule has 0 heterocycles. The summed E-state index contributed by atoms with van der Waals surface area (Å²) in [6, 6.07) is 0. The van der Waals surface area contributed by atoms with Gasteiger partial charge >= 0.3 is 0 Å². The first kappa shape index (κ1) is 16.9. The predicted octanol–water partition coefficient (Wildman–Crippen LogP) is 4.62. The molecule has 0 bridgehead atoms. The summed E-state index contributed by atoms with van der Waals surface area (Å²) in [4.78, 5) is 13.3. The standard InChI is InChI=1S/C13H25NOS2/c1-6-7-8-9-10-11(2)12(16-5)17-13(15)14(3)4/h10,12H,6-9H2,1-5H3/b11-10+. The van der Waals surface area contributed by atoms with Crippen LogP contribution in [0.4, 0.5) is 4.79 Å². The Morgan fingerprint density at radius 2 is 2.00 bits per heavy atom. The van der Waals surface area contributed by atoms with Crippen molar-refractivity contribution in [1.29, 1.82) is 0 Å². The lowest BCUT2D eigenvalue weighted by Crippen LogP contribution is -2.19. The van der Waals surface area contributed by atoms with Gasteiger partial charge in [-0.15, -0.1) is 11.8 Å². The van der Waals surface area contributed by atoms with Crippen LogP contribution in [0.25, 0.3) is 0 Å². The van der Waals surface area contributed by atoms with Crippen molar-refractivity contribution in [3.63, 3.8) is 0 Å². The number of carbonyl (C=O) groups is 1. The van der Waals surface area contributed by atoms with Crippen LogP contribution in [0.3, 0.4) is 0 Å². The molecule has 0 spiro atoms. The number of rotatable bonds is 7. The van der Waals surface area contributed by atoms with Gasteiger partial charge in [-0.1, -0.05) is 31.4 Å². The first-order chi connectivity index (χ1) is 8.02. The summed E-state index contributed by atoms with van der Waals surface area (Å²) in [5.74, 6) is 0. The molecule has 0 aromatic rings. The van der Waals surface area contributed by atoms with E-state index in [1.54, 1.807) is 30.8 Å². The molecule has 1 amide bonds. The molecule has 0 N–H and O–H groups in total. The van der Waals surface area contributed by atoms with E-state index in [-0.39, 0.29) is 9.82 Å². The van der Waals surface area contributed by atoms with E-state index in [2.05, 4.69) is 26.2 Å². The second kappa shape index (κ2) is 9.89. The van der Waals surface area contributed by atoms with E-state index >= 15 is 0 Å². The number of carbonyl (C=O) groups excluding carboxylic acids is 1. The molecule has 0 aromatic carbocycles. The third kappa shape index (κ3) is 7.77. The van der Waals surface area contributed by atoms with Crippen LogP contribution in [-0.2, 0) is 0 Å². The molecule has 0 rings (SSSR count). The fourth-order valence-electron chi connectivity index (χ4n) is 1.34. The van der Waals surface area contributed by atoms with Crippen LogP contribution in [0.2, 0.25) is 0 Å². The van der Waals surface area contributed by atoms with Crippen LogP contribution >= 0.6 is 23.5 Å². The fourth-order valence-corrected chi connectivity index (χ4v) is 3.12. The summed E-state index contributed by atoms with van der Waals surface area (Å²) in [6.45, 7) is 4.34. The van der Waals surface area contributed by atoms with Gasteiger partial charge in [-0.25, -0.2) is 0 Å². The van der Waals surface area contributed by atoms with E-state index in [0.717, 1.165) is 6.42 Å². The summed E-state index contributed by atoms with van der Waals surface area (Å²) in [7, 11) is 3.60. The molecular formula is C13H25NOS2. The van der Waals surface area contributed by atoms with Crippen molar-refractivity contribution in [3.8, 4) is 0 Å². The number of unbranched alkanes of at least 4 members (excludes halogenated alkanes) is 3. The Hall–Kier alpha value is -0.0900. The Morgan fingerprint density at radius 1 is 1.35 bits per heavy atom. The van der Waals surface area contributed by atoms with Gasteiger partial charge in [-0.05, 0) is 37.8 Å². The first-order valence-electron chi connectivity index (χ1n) is 6.10. The topological polar surface area (TPSA) is 20.3 Å². The zero-order chi connectivity index (χ0) is 13.3. The summed E-state index contributed by atoms with van der Waals surface area (Å²) < 4.78 is 0.256. The zero-order valence-electron chi connectivity index (χ0n) is 11.7. The van der Waals surface area contributed by atoms with Gasteiger partial charge in [0.05, 0.1) is 4.58 Å². The Morgan fingerprint density at radius 3 is 2.47 bits per heavy atom. The van der Waals surface area contributed by atoms with Gasteiger partial charge in [0.15, 0.2) is 0 Å². The van der Waals surface area contributed by atoms with Crippen molar-refractivity contribution in [2.24, 2.45) is 0 Å². The minimum atomic E-state index is 0.130. The Balaban J connectivity index is 4.19. The molecule has 2 nitrogen and oxygen atoms in total. The van der Waals surface area contributed by atoms with Crippen molar-refractivity contribution in [2.75, 3.05) is 20.4 Å². The van der Waals surface area contributed by atoms with Gasteiger partial charge in [0, 0.05) is 14.1 Å². The van der Waals surface area contributed by atoms with Crippen molar-refractivity contribution in [3.05, 3.63) is 11.6 Å². The van der Waals surface area contributed by atoms with E-state index in [0.29, 0.717) is 0 Å². The SMILES string of the molecule is CCCCC/C=C(\C)C(SC)SC(=O)N(C)C. The first-order valence-corrected chi connectivity index (χ1v) is 8.27. The second-order valence-corrected chi connectivity index (χ2v) is 6.59. The molecule has 0 fully saturated rings. The molecule has 1 unspecified atom stereocenters. The van der Waals surface area contributed by atoms with Crippen LogP contribution in [-0.4, -0.2) is 35.1 Å². The van der Waals surface area contributed by atoms with Crippen molar-refractivity contribution < 1.29 is 4.79 Å². The molecular weight excluding hydrogens is 250 g/mol. The molecule has 17 heavy (non-hydrogen) atoms. The summed E-state index contributed by atoms with van der Waals surface area (Å²) >= 11 is 3.14. The predicted molar refractivity (Wildman–Crippen MR) is 81.9 cm³/mol. The van der Waals surface area contributed by atoms with Gasteiger partial charge in [0.2, 0.25) is 0 Å². The van der Waals surface area contributed by atoms with Gasteiger partial charge in [-0.3, -0.25) is 4.79 Å². The average Bonchev–Trinajstić information content (AvgIpc) is 2.30. The summed E-state index contributed by atoms with van der Waals surface area (Å²) in [6.07, 6.45) is 9.27. The van der Waals surface area contributed by atoms with E-state index in [1.807, 2.05) is 0 Å². The minimum absolute atomic E-state index is 0.130. The van der Waals surface area contributed by atoms with Crippen LogP contribution < -0.4 is 0 Å². The molecule has 0 aliphatic rings. The van der Waals surface area contributed by atoms with E-state index in [4.69, 9.17) is 0 Å². The monoisotopic (exact) mass is 275 g/mol. The highest BCUT2D eigenvalue weighted by Crippen LogP contribution is 2.30. The number of amides is 1. The molecule has 0 saturated carbocycles. The van der Waals surface area contributed by atoms with Crippen molar-refractivity contribution in [2.45, 2.75) is 44.1 Å². The normalized spacial score (nSPS) is 13.6. The van der Waals surface area contributed by atoms with Gasteiger partial charge < -0.3 is 4.90 Å². The van der Waals surface area contributed by atoms with Gasteiger partial charge in [0.25, 0.3) is 5.24 Å². The Labute approximate surface area is 115 Å². The maximum absolute atomic E-state index is 11.6. The smallest absolute Gasteiger partial charge is 0.282 e. The number of nitrogens with zero attached hydrogens (tertiary/aromatic N) is 1. The third-order valence-corrected chi connectivity index (χ3v) is 5.25. The molecule has 0 radical (unpaired) electrons. The summed E-state index contributed by atoms with van der Waals surface area (Å²) in [5.41, 5.74) is 1.31. The lowest BCUT2D eigenvalue weighted by atomic mass is 10.1. The molecule has 4 heteroatoms. The zero-order valence-corrected chi connectivity index (χ0v) is 13.3. The Bertz CT molecular complexity index is 252. The van der Waals surface area contributed by atoms with Crippen molar-refractivity contribution >= 4 is 28.8 Å². The number of hydrogen-bond donors (Lipinski definition) is 0. The highest BCUT2D eigenvalue weighted by Gasteiger charge is 2.16. The van der Waals surface area contributed by atoms with Crippen LogP contribution in [0, 0.1) is 0 Å². The lowest BCUT2D eigenvalue weighted by Gasteiger charge is -2.17. The number of allylic oxidation sites excluding steroid dienone is 1.